The standard InChI is InChI=1S/C36H21NO2.C24H13NO2.C12H9Br/c1-2-9-22(10-3-1)23-11-8-12-24(17-23)37-31-15-6-4-13-25(31)27-18-29-30-19-28-26-14-5-7-16-33(26)38-35(28)21-36(30)39-34(29)20-32(27)37;1-3-7-19-13(5-1)15-9-17-18-10-16-14-6-2-4-8-21(14)26-23(16)12-24(18)27-22(17)11-20(15)25-19;13-12-8-4-7-11(9-12)10-5-2-1-3-6-10/h1-21H;1-12,25H;1-9H. The molecule has 12 aromatic carbocycles. The minimum absolute atomic E-state index is 0.839. The number of halogens is 1. The molecule has 7 heteroatoms. The van der Waals surface area contributed by atoms with Crippen LogP contribution in [-0.2, 0) is 0 Å². The average Bonchev–Trinajstić information content (AvgIpc) is 4.52. The van der Waals surface area contributed by atoms with Crippen LogP contribution in [-0.4, -0.2) is 9.55 Å². The number of nitrogens with one attached hydrogen (secondary N) is 1. The number of H-pyrrole nitrogens is 1. The summed E-state index contributed by atoms with van der Waals surface area (Å²) in [5.41, 5.74) is 17.5. The fourth-order valence-electron chi connectivity index (χ4n) is 11.8. The van der Waals surface area contributed by atoms with E-state index in [1.807, 2.05) is 60.7 Å². The zero-order valence-electron chi connectivity index (χ0n) is 42.2. The van der Waals surface area contributed by atoms with Gasteiger partial charge in [0.25, 0.3) is 0 Å². The van der Waals surface area contributed by atoms with E-state index in [1.165, 1.54) is 49.3 Å². The molecule has 6 aromatic heterocycles. The van der Waals surface area contributed by atoms with Crippen LogP contribution in [0, 0.1) is 0 Å². The number of para-hydroxylation sites is 4. The molecule has 0 saturated heterocycles. The lowest BCUT2D eigenvalue weighted by Gasteiger charge is -2.10. The quantitative estimate of drug-likeness (QED) is 0.191. The van der Waals surface area contributed by atoms with E-state index >= 15 is 0 Å². The van der Waals surface area contributed by atoms with E-state index in [0.29, 0.717) is 0 Å². The second kappa shape index (κ2) is 18.0. The first-order valence-corrected chi connectivity index (χ1v) is 27.2. The van der Waals surface area contributed by atoms with E-state index in [2.05, 4.69) is 220 Å². The maximum atomic E-state index is 6.47. The molecule has 18 rings (SSSR count). The van der Waals surface area contributed by atoms with Gasteiger partial charge in [0.2, 0.25) is 0 Å². The van der Waals surface area contributed by atoms with Crippen molar-refractivity contribution in [3.63, 3.8) is 0 Å². The predicted molar refractivity (Wildman–Crippen MR) is 331 cm³/mol. The van der Waals surface area contributed by atoms with Crippen LogP contribution >= 0.6 is 15.9 Å². The summed E-state index contributed by atoms with van der Waals surface area (Å²) in [6.07, 6.45) is 0. The Bertz CT molecular complexity index is 5280. The molecule has 0 saturated carbocycles. The molecule has 0 spiro atoms. The maximum Gasteiger partial charge on any atom is 0.139 e. The van der Waals surface area contributed by atoms with Crippen LogP contribution in [0.15, 0.2) is 277 Å². The van der Waals surface area contributed by atoms with Crippen molar-refractivity contribution >= 4 is 147 Å². The van der Waals surface area contributed by atoms with Crippen molar-refractivity contribution in [2.75, 3.05) is 0 Å². The topological polar surface area (TPSA) is 73.3 Å². The Labute approximate surface area is 459 Å². The van der Waals surface area contributed by atoms with Crippen LogP contribution in [0.5, 0.6) is 0 Å². The Hall–Kier alpha value is -10.1. The number of hydrogen-bond acceptors (Lipinski definition) is 4. The van der Waals surface area contributed by atoms with Crippen LogP contribution in [0.2, 0.25) is 0 Å². The van der Waals surface area contributed by atoms with Gasteiger partial charge in [-0.3, -0.25) is 0 Å². The van der Waals surface area contributed by atoms with Crippen LogP contribution < -0.4 is 0 Å². The largest absolute Gasteiger partial charge is 0.456 e. The number of aromatic nitrogens is 2. The van der Waals surface area contributed by atoms with Gasteiger partial charge in [-0.05, 0) is 95.1 Å². The summed E-state index contributed by atoms with van der Waals surface area (Å²) in [6.45, 7) is 0. The Kier molecular flexibility index (Phi) is 10.3. The summed E-state index contributed by atoms with van der Waals surface area (Å²) in [7, 11) is 0. The van der Waals surface area contributed by atoms with Crippen molar-refractivity contribution in [1.29, 1.82) is 0 Å². The molecule has 0 unspecified atom stereocenters. The molecular formula is C72H43BrN2O4. The van der Waals surface area contributed by atoms with Gasteiger partial charge in [0, 0.05) is 105 Å². The minimum Gasteiger partial charge on any atom is -0.456 e. The second-order valence-corrected chi connectivity index (χ2v) is 21.1. The molecule has 79 heavy (non-hydrogen) atoms. The van der Waals surface area contributed by atoms with E-state index in [-0.39, 0.29) is 0 Å². The Balaban J connectivity index is 0.000000112. The normalized spacial score (nSPS) is 11.9. The molecule has 0 aliphatic heterocycles. The fraction of sp³-hybridized carbons (Fsp3) is 0. The lowest BCUT2D eigenvalue weighted by molar-refractivity contribution is 0.655. The van der Waals surface area contributed by atoms with E-state index < -0.39 is 0 Å². The number of aromatic amines is 1. The highest BCUT2D eigenvalue weighted by molar-refractivity contribution is 9.10. The van der Waals surface area contributed by atoms with Gasteiger partial charge in [-0.1, -0.05) is 174 Å². The van der Waals surface area contributed by atoms with Gasteiger partial charge in [0.15, 0.2) is 0 Å². The van der Waals surface area contributed by atoms with Crippen molar-refractivity contribution < 1.29 is 17.7 Å². The van der Waals surface area contributed by atoms with Crippen molar-refractivity contribution in [1.82, 2.24) is 9.55 Å². The Morgan fingerprint density at radius 2 is 0.696 bits per heavy atom. The minimum atomic E-state index is 0.839. The zero-order chi connectivity index (χ0) is 52.1. The van der Waals surface area contributed by atoms with Gasteiger partial charge in [0.05, 0.1) is 16.6 Å². The molecule has 0 aliphatic carbocycles. The van der Waals surface area contributed by atoms with Gasteiger partial charge < -0.3 is 27.2 Å². The molecule has 0 amide bonds. The highest BCUT2D eigenvalue weighted by Gasteiger charge is 2.20. The van der Waals surface area contributed by atoms with Crippen molar-refractivity contribution in [3.8, 4) is 27.9 Å². The summed E-state index contributed by atoms with van der Waals surface area (Å²) < 4.78 is 28.3. The van der Waals surface area contributed by atoms with Gasteiger partial charge in [-0.15, -0.1) is 0 Å². The average molecular weight is 1080 g/mol. The summed E-state index contributed by atoms with van der Waals surface area (Å²) in [5, 5.41) is 13.9. The highest BCUT2D eigenvalue weighted by atomic mass is 79.9. The number of nitrogens with zero attached hydrogens (tertiary/aromatic N) is 1. The van der Waals surface area contributed by atoms with Gasteiger partial charge in [-0.25, -0.2) is 0 Å². The molecule has 18 aromatic rings. The van der Waals surface area contributed by atoms with Crippen LogP contribution in [0.25, 0.3) is 159 Å². The second-order valence-electron chi connectivity index (χ2n) is 20.2. The molecular weight excluding hydrogens is 1040 g/mol. The third-order valence-electron chi connectivity index (χ3n) is 15.5. The summed E-state index contributed by atoms with van der Waals surface area (Å²) in [5.74, 6) is 0. The van der Waals surface area contributed by atoms with E-state index in [4.69, 9.17) is 17.7 Å². The highest BCUT2D eigenvalue weighted by Crippen LogP contribution is 2.43. The Morgan fingerprint density at radius 1 is 0.253 bits per heavy atom. The summed E-state index contributed by atoms with van der Waals surface area (Å²) in [4.78, 5) is 3.49. The molecule has 0 aliphatic rings. The molecule has 6 heterocycles. The molecule has 0 fully saturated rings. The number of rotatable bonds is 3. The summed E-state index contributed by atoms with van der Waals surface area (Å²) >= 11 is 3.46. The number of hydrogen-bond donors (Lipinski definition) is 1. The summed E-state index contributed by atoms with van der Waals surface area (Å²) in [6, 6.07) is 88.6. The molecule has 6 nitrogen and oxygen atoms in total. The SMILES string of the molecule is Brc1cccc(-c2ccccc2)c1.c1ccc(-c2cccc(-n3c4ccccc4c4cc5c(cc43)oc3cc4oc6ccccc6c4cc35)c2)cc1.c1ccc2c(c1)[nH]c1cc3oc4cc5oc6ccccc6c5cc4c3cc12. The van der Waals surface area contributed by atoms with E-state index in [1.54, 1.807) is 0 Å². The first-order valence-electron chi connectivity index (χ1n) is 26.4. The van der Waals surface area contributed by atoms with E-state index in [0.717, 1.165) is 114 Å². The lowest BCUT2D eigenvalue weighted by atomic mass is 10.1. The molecule has 0 bridgehead atoms. The number of furan rings is 4. The zero-order valence-corrected chi connectivity index (χ0v) is 43.8. The van der Waals surface area contributed by atoms with Crippen molar-refractivity contribution in [2.45, 2.75) is 0 Å². The third-order valence-corrected chi connectivity index (χ3v) is 16.0. The lowest BCUT2D eigenvalue weighted by Crippen LogP contribution is -1.94. The van der Waals surface area contributed by atoms with Crippen molar-refractivity contribution in [3.05, 3.63) is 259 Å². The van der Waals surface area contributed by atoms with E-state index in [9.17, 15) is 0 Å². The first-order chi connectivity index (χ1) is 39.0. The number of fused-ring (bicyclic) bond motifs is 18. The van der Waals surface area contributed by atoms with Gasteiger partial charge in [0.1, 0.15) is 44.7 Å². The van der Waals surface area contributed by atoms with Crippen LogP contribution in [0.1, 0.15) is 0 Å². The predicted octanol–water partition coefficient (Wildman–Crippen LogP) is 21.5. The van der Waals surface area contributed by atoms with Crippen LogP contribution in [0.4, 0.5) is 0 Å². The first kappa shape index (κ1) is 45.1. The van der Waals surface area contributed by atoms with Crippen molar-refractivity contribution in [2.24, 2.45) is 0 Å². The fourth-order valence-corrected chi connectivity index (χ4v) is 12.2. The van der Waals surface area contributed by atoms with Gasteiger partial charge >= 0.3 is 0 Å². The van der Waals surface area contributed by atoms with Crippen LogP contribution in [0.3, 0.4) is 0 Å². The van der Waals surface area contributed by atoms with Gasteiger partial charge in [-0.2, -0.15) is 0 Å². The molecule has 0 radical (unpaired) electrons. The molecule has 372 valence electrons. The molecule has 0 atom stereocenters. The Morgan fingerprint density at radius 3 is 1.32 bits per heavy atom. The third kappa shape index (κ3) is 7.53. The number of benzene rings is 12. The smallest absolute Gasteiger partial charge is 0.139 e. The monoisotopic (exact) mass is 1080 g/mol. The maximum absolute atomic E-state index is 6.47. The molecule has 1 N–H and O–H groups in total.